The average molecular weight is 372 g/mol. The Labute approximate surface area is 156 Å². The van der Waals surface area contributed by atoms with E-state index in [1.165, 1.54) is 4.88 Å². The fourth-order valence-corrected chi connectivity index (χ4v) is 4.17. The maximum Gasteiger partial charge on any atom is 0.251 e. The Balaban J connectivity index is 1.84. The molecule has 3 rings (SSSR count). The highest BCUT2D eigenvalue weighted by Crippen LogP contribution is 2.26. The van der Waals surface area contributed by atoms with Gasteiger partial charge >= 0.3 is 0 Å². The molecule has 25 heavy (non-hydrogen) atoms. The third-order valence-electron chi connectivity index (χ3n) is 3.98. The first-order chi connectivity index (χ1) is 12.1. The van der Waals surface area contributed by atoms with Crippen molar-refractivity contribution in [2.24, 2.45) is 5.92 Å². The van der Waals surface area contributed by atoms with Crippen LogP contribution < -0.4 is 5.32 Å². The molecule has 1 unspecified atom stereocenters. The Morgan fingerprint density at radius 2 is 2.12 bits per heavy atom. The van der Waals surface area contributed by atoms with Gasteiger partial charge in [-0.2, -0.15) is 0 Å². The highest BCUT2D eigenvalue weighted by Gasteiger charge is 2.20. The summed E-state index contributed by atoms with van der Waals surface area (Å²) < 4.78 is 1.99. The van der Waals surface area contributed by atoms with Gasteiger partial charge in [0.25, 0.3) is 5.91 Å². The van der Waals surface area contributed by atoms with Crippen LogP contribution in [0.25, 0.3) is 5.69 Å². The maximum absolute atomic E-state index is 12.8. The van der Waals surface area contributed by atoms with Gasteiger partial charge in [0.05, 0.1) is 6.04 Å². The fraction of sp³-hybridized carbons (Fsp3) is 0.263. The van der Waals surface area contributed by atoms with Crippen LogP contribution in [-0.2, 0) is 0 Å². The Hall–Kier alpha value is -2.05. The van der Waals surface area contributed by atoms with Gasteiger partial charge in [-0.3, -0.25) is 9.36 Å². The second kappa shape index (κ2) is 7.89. The molecule has 0 spiro atoms. The molecule has 0 aliphatic rings. The molecule has 130 valence electrons. The Morgan fingerprint density at radius 3 is 2.80 bits per heavy atom. The summed E-state index contributed by atoms with van der Waals surface area (Å²) in [6, 6.07) is 11.8. The van der Waals surface area contributed by atoms with E-state index in [9.17, 15) is 4.79 Å². The smallest absolute Gasteiger partial charge is 0.251 e. The van der Waals surface area contributed by atoms with E-state index in [0.29, 0.717) is 11.5 Å². The van der Waals surface area contributed by atoms with Gasteiger partial charge in [-0.05, 0) is 41.8 Å². The molecule has 0 fully saturated rings. The van der Waals surface area contributed by atoms with Crippen LogP contribution in [-0.4, -0.2) is 21.7 Å². The summed E-state index contributed by atoms with van der Waals surface area (Å²) in [6.45, 7) is 4.24. The predicted molar refractivity (Wildman–Crippen MR) is 105 cm³/mol. The lowest BCUT2D eigenvalue weighted by Crippen LogP contribution is -2.31. The highest BCUT2D eigenvalue weighted by molar-refractivity contribution is 7.98. The Kier molecular flexibility index (Phi) is 5.60. The molecular weight excluding hydrogens is 350 g/mol. The summed E-state index contributed by atoms with van der Waals surface area (Å²) in [5.41, 5.74) is 1.59. The molecule has 0 bridgehead atoms. The van der Waals surface area contributed by atoms with E-state index in [0.717, 1.165) is 10.8 Å². The van der Waals surface area contributed by atoms with Crippen molar-refractivity contribution in [3.05, 3.63) is 64.6 Å². The predicted octanol–water partition coefficient (Wildman–Crippen LogP) is 4.78. The minimum absolute atomic E-state index is 0.0196. The topological polar surface area (TPSA) is 46.9 Å². The largest absolute Gasteiger partial charge is 0.344 e. The van der Waals surface area contributed by atoms with Crippen molar-refractivity contribution >= 4 is 29.0 Å². The van der Waals surface area contributed by atoms with Crippen LogP contribution in [0, 0.1) is 5.92 Å². The Bertz CT molecular complexity index is 840. The molecule has 2 aromatic heterocycles. The molecular formula is C19H21N3OS2. The number of benzene rings is 1. The number of hydrogen-bond donors (Lipinski definition) is 1. The van der Waals surface area contributed by atoms with E-state index in [-0.39, 0.29) is 11.9 Å². The minimum atomic E-state index is -0.0558. The van der Waals surface area contributed by atoms with Crippen molar-refractivity contribution in [3.63, 3.8) is 0 Å². The van der Waals surface area contributed by atoms with E-state index in [2.05, 4.69) is 30.2 Å². The number of aromatic nitrogens is 2. The minimum Gasteiger partial charge on any atom is -0.344 e. The van der Waals surface area contributed by atoms with Crippen LogP contribution in [0.4, 0.5) is 0 Å². The summed E-state index contributed by atoms with van der Waals surface area (Å²) in [4.78, 5) is 18.3. The molecule has 0 saturated heterocycles. The number of imidazole rings is 1. The third-order valence-corrected chi connectivity index (χ3v) is 5.60. The fourth-order valence-electron chi connectivity index (χ4n) is 2.69. The van der Waals surface area contributed by atoms with Crippen molar-refractivity contribution < 1.29 is 4.79 Å². The van der Waals surface area contributed by atoms with Crippen molar-refractivity contribution in [1.29, 1.82) is 0 Å². The summed E-state index contributed by atoms with van der Waals surface area (Å²) in [6.07, 6.45) is 5.67. The normalized spacial score (nSPS) is 12.3. The molecule has 1 atom stereocenters. The second-order valence-corrected chi connectivity index (χ2v) is 7.80. The number of carbonyl (C=O) groups excluding carboxylic acids is 1. The zero-order valence-electron chi connectivity index (χ0n) is 14.5. The van der Waals surface area contributed by atoms with E-state index in [4.69, 9.17) is 0 Å². The van der Waals surface area contributed by atoms with Crippen molar-refractivity contribution in [2.75, 3.05) is 6.26 Å². The lowest BCUT2D eigenvalue weighted by molar-refractivity contribution is 0.0926. The summed E-state index contributed by atoms with van der Waals surface area (Å²) in [7, 11) is 0. The second-order valence-electron chi connectivity index (χ2n) is 6.04. The molecule has 1 aromatic carbocycles. The molecule has 6 heteroatoms. The molecule has 4 nitrogen and oxygen atoms in total. The quantitative estimate of drug-likeness (QED) is 0.634. The molecule has 1 N–H and O–H groups in total. The lowest BCUT2D eigenvalue weighted by Gasteiger charge is -2.21. The van der Waals surface area contributed by atoms with Crippen LogP contribution in [0.15, 0.2) is 59.3 Å². The molecule has 0 aliphatic carbocycles. The van der Waals surface area contributed by atoms with Crippen LogP contribution in [0.2, 0.25) is 0 Å². The van der Waals surface area contributed by atoms with Crippen molar-refractivity contribution in [1.82, 2.24) is 14.9 Å². The summed E-state index contributed by atoms with van der Waals surface area (Å²) in [5.74, 6) is 0.266. The van der Waals surface area contributed by atoms with Gasteiger partial charge in [0.15, 0.2) is 5.16 Å². The van der Waals surface area contributed by atoms with Gasteiger partial charge < -0.3 is 5.32 Å². The highest BCUT2D eigenvalue weighted by atomic mass is 32.2. The zero-order chi connectivity index (χ0) is 17.8. The summed E-state index contributed by atoms with van der Waals surface area (Å²) in [5, 5.41) is 6.12. The first-order valence-corrected chi connectivity index (χ1v) is 10.2. The van der Waals surface area contributed by atoms with Crippen LogP contribution >= 0.6 is 23.1 Å². The van der Waals surface area contributed by atoms with Crippen molar-refractivity contribution in [2.45, 2.75) is 25.0 Å². The number of nitrogens with zero attached hydrogens (tertiary/aromatic N) is 2. The van der Waals surface area contributed by atoms with E-state index < -0.39 is 0 Å². The van der Waals surface area contributed by atoms with E-state index in [1.807, 2.05) is 52.7 Å². The lowest BCUT2D eigenvalue weighted by atomic mass is 10.0. The van der Waals surface area contributed by atoms with E-state index >= 15 is 0 Å². The third kappa shape index (κ3) is 3.96. The van der Waals surface area contributed by atoms with Gasteiger partial charge in [-0.1, -0.05) is 37.7 Å². The molecule has 0 aliphatic heterocycles. The molecule has 3 aromatic rings. The first kappa shape index (κ1) is 17.8. The summed E-state index contributed by atoms with van der Waals surface area (Å²) >= 11 is 3.25. The average Bonchev–Trinajstić information content (AvgIpc) is 3.30. The molecule has 1 amide bonds. The number of amides is 1. The molecule has 0 radical (unpaired) electrons. The standard InChI is InChI=1S/C19H21N3OS2/c1-13(2)17(16-8-5-11-25-16)21-18(23)14-6-4-7-15(12-14)22-10-9-20-19(22)24-3/h4-13,17H,1-3H3,(H,21,23). The number of hydrogen-bond acceptors (Lipinski definition) is 4. The van der Waals surface area contributed by atoms with Crippen molar-refractivity contribution in [3.8, 4) is 5.69 Å². The molecule has 2 heterocycles. The SMILES string of the molecule is CSc1nccn1-c1cccc(C(=O)NC(c2cccs2)C(C)C)c1. The Morgan fingerprint density at radius 1 is 1.28 bits per heavy atom. The van der Waals surface area contributed by atoms with Gasteiger partial charge in [-0.25, -0.2) is 4.98 Å². The maximum atomic E-state index is 12.8. The van der Waals surface area contributed by atoms with E-state index in [1.54, 1.807) is 29.3 Å². The number of thiophene rings is 1. The van der Waals surface area contributed by atoms with Gasteiger partial charge in [0.1, 0.15) is 0 Å². The van der Waals surface area contributed by atoms with Crippen LogP contribution in [0.1, 0.15) is 35.1 Å². The van der Waals surface area contributed by atoms with Crippen LogP contribution in [0.5, 0.6) is 0 Å². The first-order valence-electron chi connectivity index (χ1n) is 8.12. The molecule has 0 saturated carbocycles. The van der Waals surface area contributed by atoms with Gasteiger partial charge in [0, 0.05) is 28.5 Å². The number of rotatable bonds is 6. The monoisotopic (exact) mass is 371 g/mol. The van der Waals surface area contributed by atoms with Gasteiger partial charge in [-0.15, -0.1) is 11.3 Å². The number of nitrogens with one attached hydrogen (secondary N) is 1. The number of thioether (sulfide) groups is 1. The number of carbonyl (C=O) groups is 1. The van der Waals surface area contributed by atoms with Gasteiger partial charge in [0.2, 0.25) is 0 Å². The van der Waals surface area contributed by atoms with Crippen LogP contribution in [0.3, 0.4) is 0 Å². The zero-order valence-corrected chi connectivity index (χ0v) is 16.1.